The number of aliphatic carboxylic acids is 1. The number of benzene rings is 1. The van der Waals surface area contributed by atoms with E-state index in [4.69, 9.17) is 10.8 Å². The first-order chi connectivity index (χ1) is 8.66. The third kappa shape index (κ3) is 3.15. The molecule has 0 radical (unpaired) electrons. The maximum absolute atomic E-state index is 10.9. The third-order valence-corrected chi connectivity index (χ3v) is 3.74. The molecule has 0 aromatic heterocycles. The van der Waals surface area contributed by atoms with Gasteiger partial charge in [0.2, 0.25) is 0 Å². The van der Waals surface area contributed by atoms with Gasteiger partial charge in [0.25, 0.3) is 0 Å². The minimum Gasteiger partial charge on any atom is -0.481 e. The fourth-order valence-electron chi connectivity index (χ4n) is 2.53. The topological polar surface area (TPSA) is 75.3 Å². The van der Waals surface area contributed by atoms with Gasteiger partial charge in [-0.25, -0.2) is 0 Å². The second-order valence-corrected chi connectivity index (χ2v) is 5.02. The molecule has 0 aliphatic heterocycles. The lowest BCUT2D eigenvalue weighted by Crippen LogP contribution is -2.25. The molecule has 2 rings (SSSR count). The summed E-state index contributed by atoms with van der Waals surface area (Å²) in [5.41, 5.74) is 7.59. The highest BCUT2D eigenvalue weighted by atomic mass is 16.4. The lowest BCUT2D eigenvalue weighted by molar-refractivity contribution is -0.143. The highest BCUT2D eigenvalue weighted by Gasteiger charge is 2.25. The van der Waals surface area contributed by atoms with Gasteiger partial charge < -0.3 is 16.2 Å². The van der Waals surface area contributed by atoms with E-state index in [1.54, 1.807) is 0 Å². The summed E-state index contributed by atoms with van der Waals surface area (Å²) in [5.74, 6) is -0.225. The number of nitrogens with two attached hydrogens (primary N) is 1. The van der Waals surface area contributed by atoms with Crippen LogP contribution >= 0.6 is 0 Å². The maximum atomic E-state index is 10.9. The Kier molecular flexibility index (Phi) is 4.07. The molecular formula is C14H20N2O2. The lowest BCUT2D eigenvalue weighted by Gasteiger charge is -2.26. The quantitative estimate of drug-likeness (QED) is 0.716. The minimum atomic E-state index is -0.645. The fourth-order valence-corrected chi connectivity index (χ4v) is 2.53. The number of anilines is 2. The lowest BCUT2D eigenvalue weighted by atomic mass is 9.82. The minimum absolute atomic E-state index is 0.136. The van der Waals surface area contributed by atoms with E-state index in [1.165, 1.54) is 0 Å². The number of para-hydroxylation sites is 2. The van der Waals surface area contributed by atoms with Crippen LogP contribution in [0.1, 0.15) is 25.7 Å². The van der Waals surface area contributed by atoms with E-state index in [2.05, 4.69) is 5.32 Å². The molecule has 0 spiro atoms. The van der Waals surface area contributed by atoms with Crippen LogP contribution in [0.15, 0.2) is 24.3 Å². The van der Waals surface area contributed by atoms with Gasteiger partial charge in [-0.05, 0) is 43.7 Å². The Hall–Kier alpha value is -1.71. The van der Waals surface area contributed by atoms with Crippen molar-refractivity contribution in [2.75, 3.05) is 17.6 Å². The summed E-state index contributed by atoms with van der Waals surface area (Å²) in [6, 6.07) is 7.72. The summed E-state index contributed by atoms with van der Waals surface area (Å²) in [6.07, 6.45) is 3.56. The molecule has 4 nitrogen and oxygen atoms in total. The van der Waals surface area contributed by atoms with Crippen LogP contribution in [-0.4, -0.2) is 17.6 Å². The highest BCUT2D eigenvalue weighted by molar-refractivity contribution is 5.70. The average Bonchev–Trinajstić information content (AvgIpc) is 2.38. The van der Waals surface area contributed by atoms with Crippen LogP contribution in [0.4, 0.5) is 11.4 Å². The van der Waals surface area contributed by atoms with Gasteiger partial charge in [0.1, 0.15) is 0 Å². The molecule has 18 heavy (non-hydrogen) atoms. The number of nitrogen functional groups attached to an aromatic ring is 1. The zero-order valence-corrected chi connectivity index (χ0v) is 10.4. The maximum Gasteiger partial charge on any atom is 0.306 e. The van der Waals surface area contributed by atoms with Crippen LogP contribution in [0.3, 0.4) is 0 Å². The number of hydrogen-bond donors (Lipinski definition) is 3. The van der Waals surface area contributed by atoms with Crippen molar-refractivity contribution in [1.82, 2.24) is 0 Å². The van der Waals surface area contributed by atoms with Crippen LogP contribution < -0.4 is 11.1 Å². The van der Waals surface area contributed by atoms with Gasteiger partial charge in [0, 0.05) is 6.54 Å². The van der Waals surface area contributed by atoms with Crippen molar-refractivity contribution in [3.8, 4) is 0 Å². The van der Waals surface area contributed by atoms with Gasteiger partial charge in [-0.2, -0.15) is 0 Å². The molecule has 0 unspecified atom stereocenters. The Labute approximate surface area is 107 Å². The molecule has 0 saturated heterocycles. The second-order valence-electron chi connectivity index (χ2n) is 5.02. The standard InChI is InChI=1S/C14H20N2O2/c15-12-3-1-2-4-13(12)16-9-10-5-7-11(8-6-10)14(17)18/h1-4,10-11,16H,5-9,15H2,(H,17,18). The molecule has 0 atom stereocenters. The first-order valence-electron chi connectivity index (χ1n) is 6.48. The van der Waals surface area contributed by atoms with E-state index in [-0.39, 0.29) is 5.92 Å². The SMILES string of the molecule is Nc1ccccc1NCC1CCC(C(=O)O)CC1. The number of carbonyl (C=O) groups is 1. The molecule has 1 aromatic carbocycles. The Morgan fingerprint density at radius 1 is 1.28 bits per heavy atom. The Bertz CT molecular complexity index is 412. The third-order valence-electron chi connectivity index (χ3n) is 3.74. The molecule has 0 amide bonds. The predicted octanol–water partition coefficient (Wildman–Crippen LogP) is 2.57. The smallest absolute Gasteiger partial charge is 0.306 e. The van der Waals surface area contributed by atoms with Gasteiger partial charge in [-0.1, -0.05) is 12.1 Å². The van der Waals surface area contributed by atoms with Crippen LogP contribution in [0, 0.1) is 11.8 Å². The molecule has 4 N–H and O–H groups in total. The fraction of sp³-hybridized carbons (Fsp3) is 0.500. The van der Waals surface area contributed by atoms with Crippen molar-refractivity contribution in [2.45, 2.75) is 25.7 Å². The van der Waals surface area contributed by atoms with E-state index < -0.39 is 5.97 Å². The van der Waals surface area contributed by atoms with Gasteiger partial charge >= 0.3 is 5.97 Å². The van der Waals surface area contributed by atoms with E-state index in [9.17, 15) is 4.79 Å². The van der Waals surface area contributed by atoms with Crippen molar-refractivity contribution in [2.24, 2.45) is 11.8 Å². The number of carboxylic acids is 1. The van der Waals surface area contributed by atoms with E-state index >= 15 is 0 Å². The average molecular weight is 248 g/mol. The van der Waals surface area contributed by atoms with Gasteiger partial charge in [-0.3, -0.25) is 4.79 Å². The monoisotopic (exact) mass is 248 g/mol. The molecule has 1 fully saturated rings. The van der Waals surface area contributed by atoms with Gasteiger partial charge in [0.15, 0.2) is 0 Å². The molecule has 1 aliphatic carbocycles. The molecule has 98 valence electrons. The highest BCUT2D eigenvalue weighted by Crippen LogP contribution is 2.29. The Balaban J connectivity index is 1.79. The largest absolute Gasteiger partial charge is 0.481 e. The van der Waals surface area contributed by atoms with Crippen molar-refractivity contribution in [3.63, 3.8) is 0 Å². The van der Waals surface area contributed by atoms with Crippen LogP contribution in [-0.2, 0) is 4.79 Å². The number of hydrogen-bond acceptors (Lipinski definition) is 3. The predicted molar refractivity (Wildman–Crippen MR) is 72.4 cm³/mol. The van der Waals surface area contributed by atoms with Crippen LogP contribution in [0.25, 0.3) is 0 Å². The number of carboxylic acid groups (broad SMARTS) is 1. The van der Waals surface area contributed by atoms with E-state index in [1.807, 2.05) is 24.3 Å². The Morgan fingerprint density at radius 3 is 2.56 bits per heavy atom. The summed E-state index contributed by atoms with van der Waals surface area (Å²) in [7, 11) is 0. The summed E-state index contributed by atoms with van der Waals surface area (Å²) in [4.78, 5) is 10.9. The number of rotatable bonds is 4. The van der Waals surface area contributed by atoms with Gasteiger partial charge in [0.05, 0.1) is 17.3 Å². The molecule has 1 aromatic rings. The second kappa shape index (κ2) is 5.76. The molecule has 0 heterocycles. The molecule has 1 aliphatic rings. The Morgan fingerprint density at radius 2 is 1.94 bits per heavy atom. The molecule has 0 bridgehead atoms. The summed E-state index contributed by atoms with van der Waals surface area (Å²) in [6.45, 7) is 0.876. The van der Waals surface area contributed by atoms with E-state index in [0.717, 1.165) is 43.6 Å². The van der Waals surface area contributed by atoms with Crippen molar-refractivity contribution < 1.29 is 9.90 Å². The summed E-state index contributed by atoms with van der Waals surface area (Å²) in [5, 5.41) is 12.3. The van der Waals surface area contributed by atoms with Crippen LogP contribution in [0.2, 0.25) is 0 Å². The first kappa shape index (κ1) is 12.7. The van der Waals surface area contributed by atoms with Crippen molar-refractivity contribution >= 4 is 17.3 Å². The summed E-state index contributed by atoms with van der Waals surface area (Å²) >= 11 is 0. The molecule has 1 saturated carbocycles. The molecule has 4 heteroatoms. The molecular weight excluding hydrogens is 228 g/mol. The van der Waals surface area contributed by atoms with Crippen LogP contribution in [0.5, 0.6) is 0 Å². The first-order valence-corrected chi connectivity index (χ1v) is 6.48. The number of nitrogens with one attached hydrogen (secondary N) is 1. The zero-order valence-electron chi connectivity index (χ0n) is 10.4. The van der Waals surface area contributed by atoms with Crippen molar-refractivity contribution in [3.05, 3.63) is 24.3 Å². The van der Waals surface area contributed by atoms with Crippen molar-refractivity contribution in [1.29, 1.82) is 0 Å². The normalized spacial score (nSPS) is 23.6. The summed E-state index contributed by atoms with van der Waals surface area (Å²) < 4.78 is 0. The zero-order chi connectivity index (χ0) is 13.0. The van der Waals surface area contributed by atoms with E-state index in [0.29, 0.717) is 5.92 Å². The van der Waals surface area contributed by atoms with Gasteiger partial charge in [-0.15, -0.1) is 0 Å².